The molecule has 0 atom stereocenters. The first-order valence-corrected chi connectivity index (χ1v) is 3.58. The molecule has 12 heavy (non-hydrogen) atoms. The fourth-order valence-corrected chi connectivity index (χ4v) is 1.14. The lowest BCUT2D eigenvalue weighted by Crippen LogP contribution is -1.92. The molecule has 0 saturated carbocycles. The number of benzene rings is 1. The van der Waals surface area contributed by atoms with Crippen molar-refractivity contribution in [3.05, 3.63) is 28.0 Å². The van der Waals surface area contributed by atoms with Gasteiger partial charge in [0, 0.05) is 0 Å². The Labute approximate surface area is 73.6 Å². The summed E-state index contributed by atoms with van der Waals surface area (Å²) in [7, 11) is 0. The van der Waals surface area contributed by atoms with Gasteiger partial charge in [0.1, 0.15) is 11.6 Å². The average molecular weight is 189 g/mol. The highest BCUT2D eigenvalue weighted by atomic mass is 35.5. The molecule has 0 amide bonds. The third-order valence-electron chi connectivity index (χ3n) is 1.53. The largest absolute Gasteiger partial charge is 0.506 e. The summed E-state index contributed by atoms with van der Waals surface area (Å²) in [6.07, 6.45) is 0.240. The Morgan fingerprint density at radius 3 is 2.75 bits per heavy atom. The zero-order valence-electron chi connectivity index (χ0n) is 6.27. The highest BCUT2D eigenvalue weighted by Crippen LogP contribution is 2.30. The van der Waals surface area contributed by atoms with Gasteiger partial charge in [0.2, 0.25) is 0 Å². The molecule has 1 N–H and O–H groups in total. The summed E-state index contributed by atoms with van der Waals surface area (Å²) in [4.78, 5) is 10.3. The van der Waals surface area contributed by atoms with Gasteiger partial charge in [-0.05, 0) is 18.6 Å². The molecule has 4 heteroatoms. The van der Waals surface area contributed by atoms with Crippen LogP contribution in [0.2, 0.25) is 5.02 Å². The van der Waals surface area contributed by atoms with Gasteiger partial charge in [-0.1, -0.05) is 11.6 Å². The zero-order chi connectivity index (χ0) is 9.30. The number of aryl methyl sites for hydroxylation is 1. The maximum absolute atomic E-state index is 13.0. The van der Waals surface area contributed by atoms with Gasteiger partial charge in [-0.3, -0.25) is 4.79 Å². The summed E-state index contributed by atoms with van der Waals surface area (Å²) < 4.78 is 13.0. The summed E-state index contributed by atoms with van der Waals surface area (Å²) in [5, 5.41) is 9.08. The lowest BCUT2D eigenvalue weighted by atomic mass is 10.1. The monoisotopic (exact) mass is 188 g/mol. The minimum atomic E-state index is -0.730. The van der Waals surface area contributed by atoms with Crippen molar-refractivity contribution in [3.63, 3.8) is 0 Å². The molecule has 0 bridgehead atoms. The van der Waals surface area contributed by atoms with E-state index in [9.17, 15) is 9.18 Å². The van der Waals surface area contributed by atoms with E-state index in [1.165, 1.54) is 13.0 Å². The van der Waals surface area contributed by atoms with Crippen molar-refractivity contribution < 1.29 is 14.3 Å². The molecular weight excluding hydrogens is 183 g/mol. The molecule has 1 aromatic rings. The molecule has 0 saturated heterocycles. The van der Waals surface area contributed by atoms with E-state index < -0.39 is 11.6 Å². The quantitative estimate of drug-likeness (QED) is 0.687. The summed E-state index contributed by atoms with van der Waals surface area (Å²) in [6, 6.07) is 1.26. The number of carbonyl (C=O) groups excluding carboxylic acids is 1. The second kappa shape index (κ2) is 3.11. The molecule has 0 aliphatic heterocycles. The smallest absolute Gasteiger partial charge is 0.156 e. The van der Waals surface area contributed by atoms with Crippen molar-refractivity contribution in [1.29, 1.82) is 0 Å². The number of aldehydes is 1. The fourth-order valence-electron chi connectivity index (χ4n) is 0.874. The van der Waals surface area contributed by atoms with Gasteiger partial charge >= 0.3 is 0 Å². The van der Waals surface area contributed by atoms with Crippen LogP contribution in [0.15, 0.2) is 6.07 Å². The van der Waals surface area contributed by atoms with Crippen LogP contribution in [-0.4, -0.2) is 11.4 Å². The zero-order valence-corrected chi connectivity index (χ0v) is 7.02. The third-order valence-corrected chi connectivity index (χ3v) is 1.81. The number of hydrogen-bond donors (Lipinski definition) is 1. The van der Waals surface area contributed by atoms with Crippen molar-refractivity contribution in [2.24, 2.45) is 0 Å². The second-order valence-corrected chi connectivity index (χ2v) is 2.78. The van der Waals surface area contributed by atoms with E-state index in [1.54, 1.807) is 0 Å². The number of phenols is 1. The predicted molar refractivity (Wildman–Crippen MR) is 43.2 cm³/mol. The van der Waals surface area contributed by atoms with E-state index in [0.29, 0.717) is 0 Å². The van der Waals surface area contributed by atoms with Gasteiger partial charge in [0.25, 0.3) is 0 Å². The molecule has 0 spiro atoms. The summed E-state index contributed by atoms with van der Waals surface area (Å²) >= 11 is 5.49. The normalized spacial score (nSPS) is 9.92. The average Bonchev–Trinajstić information content (AvgIpc) is 2.02. The van der Waals surface area contributed by atoms with Gasteiger partial charge in [-0.15, -0.1) is 0 Å². The molecule has 0 aliphatic carbocycles. The molecule has 1 aromatic carbocycles. The Kier molecular flexibility index (Phi) is 2.33. The fraction of sp³-hybridized carbons (Fsp3) is 0.125. The Morgan fingerprint density at radius 1 is 1.67 bits per heavy atom. The first kappa shape index (κ1) is 9.00. The van der Waals surface area contributed by atoms with E-state index in [0.717, 1.165) is 0 Å². The van der Waals surface area contributed by atoms with Crippen LogP contribution >= 0.6 is 11.6 Å². The molecule has 0 unspecified atom stereocenters. The maximum atomic E-state index is 13.0. The van der Waals surface area contributed by atoms with Crippen LogP contribution in [0.25, 0.3) is 0 Å². The Morgan fingerprint density at radius 2 is 2.25 bits per heavy atom. The number of phenolic OH excluding ortho intramolecular Hbond substituents is 1. The van der Waals surface area contributed by atoms with Gasteiger partial charge in [0.05, 0.1) is 10.6 Å². The summed E-state index contributed by atoms with van der Waals surface area (Å²) in [5.41, 5.74) is -0.153. The highest BCUT2D eigenvalue weighted by molar-refractivity contribution is 6.32. The topological polar surface area (TPSA) is 37.3 Å². The van der Waals surface area contributed by atoms with Crippen molar-refractivity contribution in [2.75, 3.05) is 0 Å². The molecule has 0 fully saturated rings. The van der Waals surface area contributed by atoms with Gasteiger partial charge in [0.15, 0.2) is 6.29 Å². The highest BCUT2D eigenvalue weighted by Gasteiger charge is 2.13. The lowest BCUT2D eigenvalue weighted by molar-refractivity contribution is 0.111. The molecule has 2 nitrogen and oxygen atoms in total. The molecule has 0 radical (unpaired) electrons. The van der Waals surface area contributed by atoms with Crippen molar-refractivity contribution in [1.82, 2.24) is 0 Å². The molecule has 1 rings (SSSR count). The molecule has 0 aliphatic rings. The summed E-state index contributed by atoms with van der Waals surface area (Å²) in [6.45, 7) is 1.47. The number of aromatic hydroxyl groups is 1. The minimum Gasteiger partial charge on any atom is -0.506 e. The Hall–Kier alpha value is -1.09. The van der Waals surface area contributed by atoms with E-state index in [4.69, 9.17) is 16.7 Å². The number of rotatable bonds is 1. The van der Waals surface area contributed by atoms with Gasteiger partial charge < -0.3 is 5.11 Å². The molecule has 64 valence electrons. The van der Waals surface area contributed by atoms with E-state index >= 15 is 0 Å². The van der Waals surface area contributed by atoms with E-state index in [-0.39, 0.29) is 22.4 Å². The number of carbonyl (C=O) groups is 1. The van der Waals surface area contributed by atoms with E-state index in [1.807, 2.05) is 0 Å². The molecular formula is C8H6ClFO2. The van der Waals surface area contributed by atoms with Gasteiger partial charge in [-0.25, -0.2) is 4.39 Å². The maximum Gasteiger partial charge on any atom is 0.156 e. The number of hydrogen-bond acceptors (Lipinski definition) is 2. The van der Waals surface area contributed by atoms with Crippen LogP contribution < -0.4 is 0 Å². The Bertz CT molecular complexity index is 310. The molecule has 0 heterocycles. The molecule has 0 aromatic heterocycles. The van der Waals surface area contributed by atoms with Crippen LogP contribution in [0.4, 0.5) is 4.39 Å². The lowest BCUT2D eigenvalue weighted by Gasteiger charge is -2.03. The van der Waals surface area contributed by atoms with Crippen molar-refractivity contribution in [2.45, 2.75) is 6.92 Å². The summed E-state index contributed by atoms with van der Waals surface area (Å²) in [5.74, 6) is -1.23. The number of halogens is 2. The minimum absolute atomic E-state index is 0.0176. The van der Waals surface area contributed by atoms with Crippen LogP contribution in [0.5, 0.6) is 5.75 Å². The van der Waals surface area contributed by atoms with Crippen molar-refractivity contribution in [3.8, 4) is 5.75 Å². The van der Waals surface area contributed by atoms with Crippen LogP contribution in [0.3, 0.4) is 0 Å². The first-order chi connectivity index (χ1) is 5.57. The van der Waals surface area contributed by atoms with Crippen LogP contribution in [0.1, 0.15) is 15.9 Å². The van der Waals surface area contributed by atoms with E-state index in [2.05, 4.69) is 0 Å². The standard InChI is InChI=1S/C8H6ClFO2/c1-4-2-6(9)8(12)5(3-11)7(4)10/h2-3,12H,1H3. The van der Waals surface area contributed by atoms with Crippen molar-refractivity contribution >= 4 is 17.9 Å². The van der Waals surface area contributed by atoms with Crippen LogP contribution in [0, 0.1) is 12.7 Å². The SMILES string of the molecule is Cc1cc(Cl)c(O)c(C=O)c1F. The van der Waals surface area contributed by atoms with Gasteiger partial charge in [-0.2, -0.15) is 0 Å². The predicted octanol–water partition coefficient (Wildman–Crippen LogP) is 2.31. The second-order valence-electron chi connectivity index (χ2n) is 2.37. The Balaban J connectivity index is 3.52. The van der Waals surface area contributed by atoms with Crippen LogP contribution in [-0.2, 0) is 0 Å². The first-order valence-electron chi connectivity index (χ1n) is 3.20. The third kappa shape index (κ3) is 1.28.